The number of aromatic nitrogens is 3. The number of hydrogen-bond acceptors (Lipinski definition) is 2. The fraction of sp³-hybridized carbons (Fsp3) is 0.130. The van der Waals surface area contributed by atoms with Crippen molar-refractivity contribution in [2.45, 2.75) is 13.8 Å². The van der Waals surface area contributed by atoms with Crippen LogP contribution in [0.2, 0.25) is 0 Å². The van der Waals surface area contributed by atoms with E-state index in [4.69, 9.17) is 0 Å². The first-order valence-corrected chi connectivity index (χ1v) is 9.37. The normalized spacial score (nSPS) is 10.9. The lowest BCUT2D eigenvalue weighted by atomic mass is 10.1. The summed E-state index contributed by atoms with van der Waals surface area (Å²) in [6.45, 7) is 3.81. The third-order valence-electron chi connectivity index (χ3n) is 5.15. The predicted octanol–water partition coefficient (Wildman–Crippen LogP) is 3.84. The molecule has 0 saturated carbocycles. The Kier molecular flexibility index (Phi) is 4.68. The van der Waals surface area contributed by atoms with Gasteiger partial charge >= 0.3 is 0 Å². The SMILES string of the molecule is Cc1ccc(C(=O)Nc2c(C)n(C)n(-c3ccccc3)c2=O)cc1-n1cccc1. The third-order valence-corrected chi connectivity index (χ3v) is 5.15. The van der Waals surface area contributed by atoms with Crippen molar-refractivity contribution in [3.63, 3.8) is 0 Å². The molecule has 2 aromatic heterocycles. The molecule has 0 aliphatic carbocycles. The number of carbonyl (C=O) groups excluding carboxylic acids is 1. The van der Waals surface area contributed by atoms with Crippen LogP contribution in [0.5, 0.6) is 0 Å². The summed E-state index contributed by atoms with van der Waals surface area (Å²) >= 11 is 0. The average molecular weight is 386 g/mol. The third kappa shape index (κ3) is 3.29. The number of nitrogens with zero attached hydrogens (tertiary/aromatic N) is 3. The van der Waals surface area contributed by atoms with E-state index < -0.39 is 0 Å². The van der Waals surface area contributed by atoms with Crippen LogP contribution in [0.4, 0.5) is 5.69 Å². The van der Waals surface area contributed by atoms with E-state index in [1.54, 1.807) is 22.5 Å². The number of carbonyl (C=O) groups is 1. The van der Waals surface area contributed by atoms with E-state index in [1.165, 1.54) is 0 Å². The zero-order valence-electron chi connectivity index (χ0n) is 16.6. The van der Waals surface area contributed by atoms with Gasteiger partial charge in [0.2, 0.25) is 0 Å². The van der Waals surface area contributed by atoms with Crippen molar-refractivity contribution in [2.24, 2.45) is 7.05 Å². The molecule has 6 heteroatoms. The van der Waals surface area contributed by atoms with E-state index in [0.717, 1.165) is 16.9 Å². The highest BCUT2D eigenvalue weighted by Gasteiger charge is 2.19. The number of aryl methyl sites for hydroxylation is 1. The number of para-hydroxylation sites is 1. The number of nitrogens with one attached hydrogen (secondary N) is 1. The minimum Gasteiger partial charge on any atom is -0.324 e. The molecule has 0 atom stereocenters. The van der Waals surface area contributed by atoms with E-state index in [-0.39, 0.29) is 17.2 Å². The van der Waals surface area contributed by atoms with Gasteiger partial charge in [-0.2, -0.15) is 0 Å². The van der Waals surface area contributed by atoms with Gasteiger partial charge in [0.05, 0.1) is 11.4 Å². The Morgan fingerprint density at radius 2 is 1.62 bits per heavy atom. The van der Waals surface area contributed by atoms with Crippen LogP contribution >= 0.6 is 0 Å². The maximum Gasteiger partial charge on any atom is 0.295 e. The van der Waals surface area contributed by atoms with Crippen molar-refractivity contribution >= 4 is 11.6 Å². The van der Waals surface area contributed by atoms with E-state index in [9.17, 15) is 9.59 Å². The first-order chi connectivity index (χ1) is 14.0. The van der Waals surface area contributed by atoms with Crippen LogP contribution < -0.4 is 10.9 Å². The predicted molar refractivity (Wildman–Crippen MR) is 114 cm³/mol. The van der Waals surface area contributed by atoms with Crippen molar-refractivity contribution in [2.75, 3.05) is 5.32 Å². The molecule has 29 heavy (non-hydrogen) atoms. The summed E-state index contributed by atoms with van der Waals surface area (Å²) in [5, 5.41) is 2.82. The summed E-state index contributed by atoms with van der Waals surface area (Å²) in [5.41, 5.74) is 3.92. The first kappa shape index (κ1) is 18.6. The van der Waals surface area contributed by atoms with Crippen molar-refractivity contribution in [3.8, 4) is 11.4 Å². The molecule has 1 N–H and O–H groups in total. The quantitative estimate of drug-likeness (QED) is 0.579. The van der Waals surface area contributed by atoms with E-state index in [2.05, 4.69) is 5.32 Å². The summed E-state index contributed by atoms with van der Waals surface area (Å²) in [4.78, 5) is 25.9. The lowest BCUT2D eigenvalue weighted by Gasteiger charge is -2.10. The molecule has 0 fully saturated rings. The summed E-state index contributed by atoms with van der Waals surface area (Å²) in [6.07, 6.45) is 3.87. The van der Waals surface area contributed by atoms with Gasteiger partial charge < -0.3 is 9.88 Å². The highest BCUT2D eigenvalue weighted by Crippen LogP contribution is 2.19. The Morgan fingerprint density at radius 1 is 0.931 bits per heavy atom. The minimum absolute atomic E-state index is 0.262. The van der Waals surface area contributed by atoms with Crippen LogP contribution in [-0.4, -0.2) is 19.8 Å². The molecule has 4 rings (SSSR count). The molecular weight excluding hydrogens is 364 g/mol. The van der Waals surface area contributed by atoms with Gasteiger partial charge in [0.1, 0.15) is 5.69 Å². The lowest BCUT2D eigenvalue weighted by Crippen LogP contribution is -2.23. The summed E-state index contributed by atoms with van der Waals surface area (Å²) in [6, 6.07) is 18.7. The van der Waals surface area contributed by atoms with Crippen molar-refractivity contribution < 1.29 is 4.79 Å². The van der Waals surface area contributed by atoms with Crippen LogP contribution in [0, 0.1) is 13.8 Å². The molecule has 0 aliphatic heterocycles. The van der Waals surface area contributed by atoms with Gasteiger partial charge in [-0.25, -0.2) is 4.68 Å². The number of hydrogen-bond donors (Lipinski definition) is 1. The van der Waals surface area contributed by atoms with Crippen LogP contribution in [-0.2, 0) is 7.05 Å². The monoisotopic (exact) mass is 386 g/mol. The molecule has 0 saturated heterocycles. The molecule has 0 aliphatic rings. The van der Waals surface area contributed by atoms with E-state index in [1.807, 2.05) is 85.4 Å². The van der Waals surface area contributed by atoms with Crippen LogP contribution in [0.25, 0.3) is 11.4 Å². The van der Waals surface area contributed by atoms with Crippen LogP contribution in [0.1, 0.15) is 21.6 Å². The standard InChI is InChI=1S/C23H22N4O2/c1-16-11-12-18(15-20(16)26-13-7-8-14-26)22(28)24-21-17(2)25(3)27(23(21)29)19-9-5-4-6-10-19/h4-15H,1-3H3,(H,24,28). The molecule has 0 unspecified atom stereocenters. The topological polar surface area (TPSA) is 61.0 Å². The van der Waals surface area contributed by atoms with E-state index >= 15 is 0 Å². The fourth-order valence-electron chi connectivity index (χ4n) is 3.42. The molecule has 146 valence electrons. The maximum absolute atomic E-state index is 13.0. The number of anilines is 1. The van der Waals surface area contributed by atoms with Gasteiger partial charge in [-0.1, -0.05) is 24.3 Å². The van der Waals surface area contributed by atoms with Crippen molar-refractivity contribution in [3.05, 3.63) is 100 Å². The number of benzene rings is 2. The zero-order valence-corrected chi connectivity index (χ0v) is 16.6. The highest BCUT2D eigenvalue weighted by molar-refractivity contribution is 6.05. The molecular formula is C23H22N4O2. The van der Waals surface area contributed by atoms with Gasteiger partial charge in [-0.3, -0.25) is 14.3 Å². The Morgan fingerprint density at radius 3 is 2.31 bits per heavy atom. The minimum atomic E-state index is -0.315. The Labute approximate surface area is 168 Å². The van der Waals surface area contributed by atoms with Crippen LogP contribution in [0.3, 0.4) is 0 Å². The second kappa shape index (κ2) is 7.31. The van der Waals surface area contributed by atoms with Gasteiger partial charge in [-0.05, 0) is 55.8 Å². The second-order valence-corrected chi connectivity index (χ2v) is 6.98. The fourth-order valence-corrected chi connectivity index (χ4v) is 3.42. The Hall–Kier alpha value is -3.80. The van der Waals surface area contributed by atoms with Gasteiger partial charge in [0.15, 0.2) is 0 Å². The van der Waals surface area contributed by atoms with Crippen molar-refractivity contribution in [1.29, 1.82) is 0 Å². The highest BCUT2D eigenvalue weighted by atomic mass is 16.2. The molecule has 2 aromatic carbocycles. The maximum atomic E-state index is 13.0. The smallest absolute Gasteiger partial charge is 0.295 e. The molecule has 0 spiro atoms. The average Bonchev–Trinajstić information content (AvgIpc) is 3.33. The molecule has 4 aromatic rings. The molecule has 2 heterocycles. The van der Waals surface area contributed by atoms with Crippen LogP contribution in [0.15, 0.2) is 77.9 Å². The Balaban J connectivity index is 1.70. The first-order valence-electron chi connectivity index (χ1n) is 9.37. The Bertz CT molecular complexity index is 1230. The lowest BCUT2D eigenvalue weighted by molar-refractivity contribution is 0.102. The summed E-state index contributed by atoms with van der Waals surface area (Å²) in [7, 11) is 1.80. The van der Waals surface area contributed by atoms with E-state index in [0.29, 0.717) is 11.3 Å². The number of amides is 1. The largest absolute Gasteiger partial charge is 0.324 e. The summed E-state index contributed by atoms with van der Waals surface area (Å²) < 4.78 is 5.25. The molecule has 0 radical (unpaired) electrons. The second-order valence-electron chi connectivity index (χ2n) is 6.98. The number of rotatable bonds is 4. The molecule has 0 bridgehead atoms. The summed E-state index contributed by atoms with van der Waals surface area (Å²) in [5.74, 6) is -0.315. The molecule has 6 nitrogen and oxygen atoms in total. The van der Waals surface area contributed by atoms with Gasteiger partial charge in [0, 0.05) is 30.7 Å². The van der Waals surface area contributed by atoms with Gasteiger partial charge in [-0.15, -0.1) is 0 Å². The van der Waals surface area contributed by atoms with Gasteiger partial charge in [0.25, 0.3) is 11.5 Å². The molecule has 1 amide bonds. The van der Waals surface area contributed by atoms with Crippen molar-refractivity contribution in [1.82, 2.24) is 13.9 Å². The zero-order chi connectivity index (χ0) is 20.5.